The first-order valence-corrected chi connectivity index (χ1v) is 30.7. The standard InChI is InChI=1S/2C25H22P2.C7H15.CHF3O3S.2CO.2Ir/c2*1-5-13-22(14-6-1)26(23-15-7-2-8-16-23)21-27(24-17-9-3-10-18-24)25-19-11-4-12-20-25;1-4-6-7(3)5-2;2-1(3,4)8(5,6)7;2*1-2;;/h2*1-20H,21H2;7H,3-6H2,1-2H3;(H,5,6,7);;;;/q;;-1;;;;;/p-1. The van der Waals surface area contributed by atoms with E-state index >= 15 is 0 Å². The van der Waals surface area contributed by atoms with E-state index in [0.717, 1.165) is 0 Å². The van der Waals surface area contributed by atoms with Crippen molar-refractivity contribution < 1.29 is 75.7 Å². The zero-order valence-corrected chi connectivity index (χ0v) is 50.6. The fourth-order valence-electron chi connectivity index (χ4n) is 7.01. The number of hydrogen-bond donors (Lipinski definition) is 0. The first-order chi connectivity index (χ1) is 35.4. The fraction of sp³-hybridized carbons (Fsp3) is 0.150. The Hall–Kier alpha value is -4.04. The van der Waals surface area contributed by atoms with E-state index in [4.69, 9.17) is 22.3 Å². The van der Waals surface area contributed by atoms with Crippen molar-refractivity contribution in [3.05, 3.63) is 263 Å². The van der Waals surface area contributed by atoms with Crippen molar-refractivity contribution >= 4 is 84.2 Å². The van der Waals surface area contributed by atoms with E-state index in [9.17, 15) is 13.2 Å². The number of benzene rings is 8. The van der Waals surface area contributed by atoms with E-state index < -0.39 is 47.3 Å². The van der Waals surface area contributed by atoms with Gasteiger partial charge in [0.1, 0.15) is 0 Å². The maximum atomic E-state index is 10.7. The van der Waals surface area contributed by atoms with Crippen LogP contribution in [0.3, 0.4) is 0 Å². The van der Waals surface area contributed by atoms with Crippen molar-refractivity contribution in [3.8, 4) is 0 Å². The van der Waals surface area contributed by atoms with Gasteiger partial charge < -0.3 is 11.5 Å². The fourth-order valence-corrected chi connectivity index (χ4v) is 19.9. The minimum Gasteiger partial charge on any atom is -0.340 e. The van der Waals surface area contributed by atoms with Gasteiger partial charge in [0.2, 0.25) is 0 Å². The molecule has 8 aromatic carbocycles. The first-order valence-electron chi connectivity index (χ1n) is 23.2. The predicted molar refractivity (Wildman–Crippen MR) is 304 cm³/mol. The van der Waals surface area contributed by atoms with Crippen LogP contribution < -0.4 is 42.4 Å². The molecule has 0 N–H and O–H groups in total. The number of hydrogen-bond acceptors (Lipinski definition) is 3. The molecule has 1 unspecified atom stereocenters. The summed E-state index contributed by atoms with van der Waals surface area (Å²) in [6.07, 6.45) is 3.80. The van der Waals surface area contributed by atoms with Crippen molar-refractivity contribution in [2.75, 3.05) is 11.8 Å². The zero-order valence-electron chi connectivity index (χ0n) is 41.5. The minimum absolute atomic E-state index is 0. The molecule has 0 spiro atoms. The van der Waals surface area contributed by atoms with E-state index in [1.54, 1.807) is 0 Å². The van der Waals surface area contributed by atoms with Gasteiger partial charge in [-0.3, -0.25) is 0 Å². The Kier molecular flexibility index (Phi) is 36.2. The van der Waals surface area contributed by atoms with Gasteiger partial charge in [-0.25, -0.2) is 8.42 Å². The summed E-state index contributed by atoms with van der Waals surface area (Å²) in [5.41, 5.74) is -5.65. The second-order valence-corrected chi connectivity index (χ2v) is 26.8. The molecule has 0 aromatic heterocycles. The second kappa shape index (κ2) is 39.3. The van der Waals surface area contributed by atoms with Crippen LogP contribution in [0.15, 0.2) is 243 Å². The van der Waals surface area contributed by atoms with Crippen molar-refractivity contribution in [1.82, 2.24) is 0 Å². The molecule has 75 heavy (non-hydrogen) atoms. The third kappa shape index (κ3) is 24.9. The minimum atomic E-state index is -6.09. The Morgan fingerprint density at radius 1 is 0.427 bits per heavy atom. The summed E-state index contributed by atoms with van der Waals surface area (Å²) < 4.78 is 73.9. The molecule has 1 atom stereocenters. The van der Waals surface area contributed by atoms with Gasteiger partial charge in [0, 0.05) is 52.0 Å². The molecule has 0 heterocycles. The number of alkyl halides is 3. The zero-order chi connectivity index (χ0) is 53.3. The van der Waals surface area contributed by atoms with Gasteiger partial charge in [0.25, 0.3) is 0 Å². The van der Waals surface area contributed by atoms with E-state index in [1.165, 1.54) is 73.5 Å². The van der Waals surface area contributed by atoms with Crippen LogP contribution in [-0.4, -0.2) is 30.3 Å². The van der Waals surface area contributed by atoms with Gasteiger partial charge in [-0.1, -0.05) is 276 Å². The van der Waals surface area contributed by atoms with Gasteiger partial charge in [-0.2, -0.15) is 19.1 Å². The van der Waals surface area contributed by atoms with E-state index in [2.05, 4.69) is 277 Å². The molecule has 0 fully saturated rings. The van der Waals surface area contributed by atoms with Crippen LogP contribution in [0, 0.1) is 26.1 Å². The first kappa shape index (κ1) is 69.0. The molecule has 396 valence electrons. The molecule has 8 rings (SSSR count). The van der Waals surface area contributed by atoms with Crippen molar-refractivity contribution in [2.45, 2.75) is 38.6 Å². The van der Waals surface area contributed by atoms with Gasteiger partial charge in [-0.05, 0) is 74.1 Å². The van der Waals surface area contributed by atoms with Gasteiger partial charge in [0.05, 0.1) is 0 Å². The Morgan fingerprint density at radius 2 is 0.573 bits per heavy atom. The Morgan fingerprint density at radius 3 is 0.667 bits per heavy atom. The summed E-state index contributed by atoms with van der Waals surface area (Å²) in [5.74, 6) is 3.05. The van der Waals surface area contributed by atoms with Crippen LogP contribution in [0.1, 0.15) is 33.1 Å². The van der Waals surface area contributed by atoms with Crippen molar-refractivity contribution in [1.29, 1.82) is 0 Å². The summed E-state index contributed by atoms with van der Waals surface area (Å²) in [5, 5.41) is 11.7. The third-order valence-electron chi connectivity index (χ3n) is 10.7. The molecular weight excluding hydrogens is 1400 g/mol. The summed E-state index contributed by atoms with van der Waals surface area (Å²) in [7, 11) is -7.72. The van der Waals surface area contributed by atoms with Gasteiger partial charge in [0.15, 0.2) is 10.1 Å². The molecule has 8 aromatic rings. The number of halogens is 3. The summed E-state index contributed by atoms with van der Waals surface area (Å²) >= 11 is 0. The molecule has 0 aliphatic carbocycles. The third-order valence-corrected chi connectivity index (χ3v) is 23.1. The topological polar surface area (TPSA) is 97.0 Å². The van der Waals surface area contributed by atoms with Crippen molar-refractivity contribution in [2.24, 2.45) is 5.92 Å². The summed E-state index contributed by atoms with van der Waals surface area (Å²) in [4.78, 5) is 0. The van der Waals surface area contributed by atoms with Crippen LogP contribution in [-0.2, 0) is 59.6 Å². The SMILES string of the molecule is O=S(=O)([O-])C(F)(F)F.[C-]#[O+].[C-]#[O+].[CH2-]C(CC)CCC.[Ir].[Ir].c1ccc(P(CP(c2ccccc2)c2ccccc2)c2ccccc2)cc1.c1ccc(P(CP(c2ccccc2)c2ccccc2)c2ccccc2)cc1. The summed E-state index contributed by atoms with van der Waals surface area (Å²) in [6.45, 7) is 17.3. The summed E-state index contributed by atoms with van der Waals surface area (Å²) in [6, 6.07) is 88.3. The average Bonchev–Trinajstić information content (AvgIpc) is 3.44. The molecule has 15 heteroatoms. The molecule has 0 amide bonds. The normalized spacial score (nSPS) is 10.8. The maximum absolute atomic E-state index is 10.7. The Bertz CT molecular complexity index is 2330. The van der Waals surface area contributed by atoms with E-state index in [-0.39, 0.29) is 40.2 Å². The van der Waals surface area contributed by atoms with Gasteiger partial charge >= 0.3 is 28.1 Å². The molecular formula is C60H59F3Ir2O5P4S-2. The number of rotatable bonds is 15. The van der Waals surface area contributed by atoms with Crippen LogP contribution in [0.4, 0.5) is 13.2 Å². The van der Waals surface area contributed by atoms with Crippen molar-refractivity contribution in [3.63, 3.8) is 0 Å². The molecule has 5 nitrogen and oxygen atoms in total. The van der Waals surface area contributed by atoms with Crippen LogP contribution in [0.5, 0.6) is 0 Å². The van der Waals surface area contributed by atoms with Crippen LogP contribution in [0.2, 0.25) is 0 Å². The average molecular weight is 1460 g/mol. The van der Waals surface area contributed by atoms with E-state index in [1.807, 2.05) is 0 Å². The van der Waals surface area contributed by atoms with E-state index in [0.29, 0.717) is 5.92 Å². The largest absolute Gasteiger partial charge is 0.340 e. The smallest absolute Gasteiger partial charge is 0.00405 e. The molecule has 0 bridgehead atoms. The molecule has 0 saturated carbocycles. The maximum Gasteiger partial charge on any atom is 0.00405 e. The molecule has 0 aliphatic heterocycles. The van der Waals surface area contributed by atoms with Crippen LogP contribution >= 0.6 is 31.7 Å². The quantitative estimate of drug-likeness (QED) is 0.0336. The van der Waals surface area contributed by atoms with Gasteiger partial charge in [-0.15, -0.1) is 0 Å². The predicted octanol–water partition coefficient (Wildman–Crippen LogP) is 13.0. The molecule has 0 aliphatic rings. The second-order valence-electron chi connectivity index (χ2n) is 15.6. The Labute approximate surface area is 475 Å². The molecule has 2 radical (unpaired) electrons. The van der Waals surface area contributed by atoms with Crippen LogP contribution in [0.25, 0.3) is 0 Å². The molecule has 0 saturated heterocycles. The monoisotopic (exact) mass is 1460 g/mol. The Balaban J connectivity index is 0.000000551.